The van der Waals surface area contributed by atoms with Gasteiger partial charge >= 0.3 is 0 Å². The van der Waals surface area contributed by atoms with Crippen molar-refractivity contribution in [3.05, 3.63) is 35.4 Å². The number of phenols is 1. The summed E-state index contributed by atoms with van der Waals surface area (Å²) in [6.07, 6.45) is 0. The molecule has 0 aliphatic carbocycles. The number of hydrogen-bond donors (Lipinski definition) is 2. The van der Waals surface area contributed by atoms with Crippen LogP contribution >= 0.6 is 0 Å². The molecule has 7 nitrogen and oxygen atoms in total. The largest absolute Gasteiger partial charge is 0.505 e. The fraction of sp³-hybridized carbons (Fsp3) is 0.294. The molecule has 0 saturated heterocycles. The molecule has 0 atom stereocenters. The number of hydrogen-bond acceptors (Lipinski definition) is 7. The fourth-order valence-electron chi connectivity index (χ4n) is 2.27. The van der Waals surface area contributed by atoms with Crippen LogP contribution in [-0.2, 0) is 6.61 Å². The molecule has 2 N–H and O–H groups in total. The number of rotatable bonds is 6. The third-order valence-corrected chi connectivity index (χ3v) is 3.41. The highest BCUT2D eigenvalue weighted by atomic mass is 16.5. The van der Waals surface area contributed by atoms with Crippen LogP contribution in [0.1, 0.15) is 11.1 Å². The Bertz CT molecular complexity index is 734. The van der Waals surface area contributed by atoms with Gasteiger partial charge in [-0.1, -0.05) is 0 Å². The van der Waals surface area contributed by atoms with Gasteiger partial charge in [-0.3, -0.25) is 0 Å². The Balaban J connectivity index is 2.44. The van der Waals surface area contributed by atoms with Crippen molar-refractivity contribution < 1.29 is 24.4 Å². The average Bonchev–Trinajstić information content (AvgIpc) is 2.60. The third-order valence-electron chi connectivity index (χ3n) is 3.41. The Hall–Kier alpha value is -2.80. The Morgan fingerprint density at radius 1 is 0.917 bits per heavy atom. The van der Waals surface area contributed by atoms with Crippen LogP contribution in [0.25, 0.3) is 0 Å². The van der Waals surface area contributed by atoms with Crippen LogP contribution in [-0.4, -0.2) is 31.5 Å². The van der Waals surface area contributed by atoms with E-state index in [1.165, 1.54) is 21.3 Å². The number of aryl methyl sites for hydroxylation is 1. The van der Waals surface area contributed by atoms with Gasteiger partial charge in [-0.15, -0.1) is 5.11 Å². The van der Waals surface area contributed by atoms with Crippen LogP contribution in [0.15, 0.2) is 34.5 Å². The zero-order valence-electron chi connectivity index (χ0n) is 14.0. The first-order valence-electron chi connectivity index (χ1n) is 7.19. The maximum absolute atomic E-state index is 10.1. The molecule has 128 valence electrons. The van der Waals surface area contributed by atoms with Crippen LogP contribution in [0.2, 0.25) is 0 Å². The monoisotopic (exact) mass is 332 g/mol. The van der Waals surface area contributed by atoms with E-state index in [9.17, 15) is 10.2 Å². The molecule has 0 aromatic heterocycles. The van der Waals surface area contributed by atoms with E-state index in [0.717, 1.165) is 5.56 Å². The van der Waals surface area contributed by atoms with Gasteiger partial charge in [-0.05, 0) is 24.6 Å². The van der Waals surface area contributed by atoms with Crippen LogP contribution in [0.4, 0.5) is 11.4 Å². The number of benzene rings is 2. The van der Waals surface area contributed by atoms with E-state index in [-0.39, 0.29) is 18.0 Å². The first-order valence-corrected chi connectivity index (χ1v) is 7.19. The van der Waals surface area contributed by atoms with Crippen molar-refractivity contribution in [2.24, 2.45) is 10.2 Å². The van der Waals surface area contributed by atoms with Gasteiger partial charge < -0.3 is 24.4 Å². The molecule has 0 bridgehead atoms. The molecular formula is C17H20N2O5. The molecule has 2 rings (SSSR count). The molecule has 0 heterocycles. The van der Waals surface area contributed by atoms with E-state index in [4.69, 9.17) is 14.2 Å². The number of azo groups is 1. The predicted octanol–water partition coefficient (Wildman–Crippen LogP) is 3.63. The van der Waals surface area contributed by atoms with E-state index in [1.54, 1.807) is 24.3 Å². The standard InChI is InChI=1S/C17H20N2O5/c1-10-5-11(9-20)16(21)13(6-10)19-18-12-7-14(22-2)17(24-4)15(8-12)23-3/h5-8,20-21H,9H2,1-4H3/b19-18+. The van der Waals surface area contributed by atoms with Crippen molar-refractivity contribution in [2.75, 3.05) is 21.3 Å². The molecule has 0 saturated carbocycles. The van der Waals surface area contributed by atoms with Crippen molar-refractivity contribution in [3.8, 4) is 23.0 Å². The lowest BCUT2D eigenvalue weighted by atomic mass is 10.1. The molecule has 2 aromatic rings. The zero-order chi connectivity index (χ0) is 17.7. The molecular weight excluding hydrogens is 312 g/mol. The molecule has 0 radical (unpaired) electrons. The molecule has 24 heavy (non-hydrogen) atoms. The Labute approximate surface area is 140 Å². The highest BCUT2D eigenvalue weighted by Gasteiger charge is 2.13. The van der Waals surface area contributed by atoms with E-state index in [2.05, 4.69) is 10.2 Å². The van der Waals surface area contributed by atoms with Crippen LogP contribution in [0.5, 0.6) is 23.0 Å². The van der Waals surface area contributed by atoms with E-state index >= 15 is 0 Å². The Morgan fingerprint density at radius 2 is 1.54 bits per heavy atom. The second-order valence-electron chi connectivity index (χ2n) is 5.03. The maximum Gasteiger partial charge on any atom is 0.203 e. The quantitative estimate of drug-likeness (QED) is 0.788. The van der Waals surface area contributed by atoms with Crippen molar-refractivity contribution >= 4 is 11.4 Å². The lowest BCUT2D eigenvalue weighted by molar-refractivity contribution is 0.275. The summed E-state index contributed by atoms with van der Waals surface area (Å²) in [6, 6.07) is 6.65. The minimum atomic E-state index is -0.278. The number of nitrogens with zero attached hydrogens (tertiary/aromatic N) is 2. The van der Waals surface area contributed by atoms with Gasteiger partial charge in [0.15, 0.2) is 11.5 Å². The van der Waals surface area contributed by atoms with Crippen LogP contribution in [0.3, 0.4) is 0 Å². The van der Waals surface area contributed by atoms with Gasteiger partial charge in [0.2, 0.25) is 5.75 Å². The van der Waals surface area contributed by atoms with Gasteiger partial charge in [-0.2, -0.15) is 5.11 Å². The van der Waals surface area contributed by atoms with E-state index < -0.39 is 0 Å². The van der Waals surface area contributed by atoms with Gasteiger partial charge in [0.25, 0.3) is 0 Å². The minimum Gasteiger partial charge on any atom is -0.505 e. The minimum absolute atomic E-state index is 0.0979. The molecule has 0 aliphatic rings. The van der Waals surface area contributed by atoms with Gasteiger partial charge in [-0.25, -0.2) is 0 Å². The first-order chi connectivity index (χ1) is 11.5. The summed E-state index contributed by atoms with van der Waals surface area (Å²) < 4.78 is 15.8. The number of aliphatic hydroxyl groups is 1. The SMILES string of the molecule is COc1cc(/N=N/c2cc(C)cc(CO)c2O)cc(OC)c1OC. The number of aromatic hydroxyl groups is 1. The van der Waals surface area contributed by atoms with Crippen LogP contribution in [0, 0.1) is 6.92 Å². The second-order valence-corrected chi connectivity index (χ2v) is 5.03. The summed E-state index contributed by atoms with van der Waals surface area (Å²) >= 11 is 0. The Kier molecular flexibility index (Phi) is 5.59. The third kappa shape index (κ3) is 3.57. The summed E-state index contributed by atoms with van der Waals surface area (Å²) in [4.78, 5) is 0. The first kappa shape index (κ1) is 17.6. The number of ether oxygens (including phenoxy) is 3. The van der Waals surface area contributed by atoms with Gasteiger partial charge in [0, 0.05) is 17.7 Å². The number of aliphatic hydroxyl groups excluding tert-OH is 1. The fourth-order valence-corrected chi connectivity index (χ4v) is 2.27. The summed E-state index contributed by atoms with van der Waals surface area (Å²) in [5, 5.41) is 27.5. The molecule has 0 spiro atoms. The van der Waals surface area contributed by atoms with E-state index in [0.29, 0.717) is 28.5 Å². The molecule has 0 fully saturated rings. The van der Waals surface area contributed by atoms with Crippen molar-refractivity contribution in [1.29, 1.82) is 0 Å². The molecule has 0 aliphatic heterocycles. The summed E-state index contributed by atoms with van der Waals surface area (Å²) in [5.74, 6) is 1.27. The molecule has 0 unspecified atom stereocenters. The summed E-state index contributed by atoms with van der Waals surface area (Å²) in [7, 11) is 4.54. The van der Waals surface area contributed by atoms with Crippen molar-refractivity contribution in [2.45, 2.75) is 13.5 Å². The smallest absolute Gasteiger partial charge is 0.203 e. The number of methoxy groups -OCH3 is 3. The van der Waals surface area contributed by atoms with Gasteiger partial charge in [0.1, 0.15) is 11.4 Å². The van der Waals surface area contributed by atoms with Crippen molar-refractivity contribution in [3.63, 3.8) is 0 Å². The molecule has 2 aromatic carbocycles. The summed E-state index contributed by atoms with van der Waals surface area (Å²) in [5.41, 5.74) is 1.99. The topological polar surface area (TPSA) is 92.9 Å². The van der Waals surface area contributed by atoms with Crippen molar-refractivity contribution in [1.82, 2.24) is 0 Å². The average molecular weight is 332 g/mol. The Morgan fingerprint density at radius 3 is 2.04 bits per heavy atom. The van der Waals surface area contributed by atoms with Gasteiger partial charge in [0.05, 0.1) is 33.6 Å². The van der Waals surface area contributed by atoms with E-state index in [1.807, 2.05) is 6.92 Å². The van der Waals surface area contributed by atoms with Crippen LogP contribution < -0.4 is 14.2 Å². The second kappa shape index (κ2) is 7.65. The highest BCUT2D eigenvalue weighted by molar-refractivity contribution is 5.61. The maximum atomic E-state index is 10.1. The molecule has 7 heteroatoms. The lowest BCUT2D eigenvalue weighted by Crippen LogP contribution is -1.94. The predicted molar refractivity (Wildman–Crippen MR) is 89.0 cm³/mol. The highest BCUT2D eigenvalue weighted by Crippen LogP contribution is 2.41. The lowest BCUT2D eigenvalue weighted by Gasteiger charge is -2.12. The zero-order valence-corrected chi connectivity index (χ0v) is 14.0. The molecule has 0 amide bonds. The summed E-state index contributed by atoms with van der Waals surface area (Å²) in [6.45, 7) is 1.57. The normalized spacial score (nSPS) is 10.9.